The van der Waals surface area contributed by atoms with Crippen LogP contribution < -0.4 is 16.2 Å². The molecule has 0 bridgehead atoms. The predicted molar refractivity (Wildman–Crippen MR) is 108 cm³/mol. The van der Waals surface area contributed by atoms with Crippen LogP contribution in [0.25, 0.3) is 0 Å². The largest absolute Gasteiger partial charge is 0.383 e. The van der Waals surface area contributed by atoms with E-state index in [2.05, 4.69) is 16.2 Å². The van der Waals surface area contributed by atoms with Gasteiger partial charge in [-0.3, -0.25) is 20.4 Å². The summed E-state index contributed by atoms with van der Waals surface area (Å²) in [4.78, 5) is 26.6. The molecule has 0 unspecified atom stereocenters. The summed E-state index contributed by atoms with van der Waals surface area (Å²) in [5, 5.41) is 3.93. The van der Waals surface area contributed by atoms with Gasteiger partial charge in [-0.2, -0.15) is 0 Å². The SMILES string of the molecule is COC[C@@H](C)NC(=S)NNC(=O)C1CCN(C(=O)c2ccc(Cl)cc2)CC1. The average Bonchev–Trinajstić information content (AvgIpc) is 2.66. The maximum Gasteiger partial charge on any atom is 0.253 e. The molecule has 0 aliphatic carbocycles. The number of piperidine rings is 1. The molecule has 1 aromatic rings. The molecule has 0 spiro atoms. The Morgan fingerprint density at radius 3 is 2.48 bits per heavy atom. The van der Waals surface area contributed by atoms with Gasteiger partial charge in [-0.15, -0.1) is 0 Å². The third kappa shape index (κ3) is 6.64. The third-order valence-electron chi connectivity index (χ3n) is 4.34. The van der Waals surface area contributed by atoms with E-state index in [9.17, 15) is 9.59 Å². The molecule has 3 N–H and O–H groups in total. The second kappa shape index (κ2) is 10.4. The first-order valence-electron chi connectivity index (χ1n) is 8.81. The number of hydrogen-bond donors (Lipinski definition) is 3. The van der Waals surface area contributed by atoms with Crippen molar-refractivity contribution in [1.82, 2.24) is 21.1 Å². The van der Waals surface area contributed by atoms with Crippen LogP contribution >= 0.6 is 23.8 Å². The summed E-state index contributed by atoms with van der Waals surface area (Å²) in [6.45, 7) is 3.50. The number of hydrazine groups is 1. The Morgan fingerprint density at radius 2 is 1.89 bits per heavy atom. The van der Waals surface area contributed by atoms with Crippen molar-refractivity contribution >= 4 is 40.7 Å². The average molecular weight is 413 g/mol. The molecule has 0 radical (unpaired) electrons. The number of carbonyl (C=O) groups is 2. The summed E-state index contributed by atoms with van der Waals surface area (Å²) < 4.78 is 5.02. The molecule has 0 saturated carbocycles. The van der Waals surface area contributed by atoms with Gasteiger partial charge in [0.1, 0.15) is 0 Å². The molecule has 1 atom stereocenters. The van der Waals surface area contributed by atoms with Crippen LogP contribution in [0, 0.1) is 5.92 Å². The van der Waals surface area contributed by atoms with Crippen molar-refractivity contribution in [3.63, 3.8) is 0 Å². The van der Waals surface area contributed by atoms with Crippen LogP contribution in [-0.4, -0.2) is 54.7 Å². The Balaban J connectivity index is 1.74. The maximum atomic E-state index is 12.5. The van der Waals surface area contributed by atoms with Crippen LogP contribution in [0.2, 0.25) is 5.02 Å². The normalized spacial score (nSPS) is 15.7. The number of hydrogen-bond acceptors (Lipinski definition) is 4. The second-order valence-electron chi connectivity index (χ2n) is 6.52. The fourth-order valence-electron chi connectivity index (χ4n) is 2.89. The van der Waals surface area contributed by atoms with Crippen molar-refractivity contribution in [1.29, 1.82) is 0 Å². The van der Waals surface area contributed by atoms with Gasteiger partial charge in [0.05, 0.1) is 6.61 Å². The summed E-state index contributed by atoms with van der Waals surface area (Å²) in [6.07, 6.45) is 1.21. The van der Waals surface area contributed by atoms with Gasteiger partial charge in [-0.25, -0.2) is 0 Å². The first-order valence-corrected chi connectivity index (χ1v) is 9.59. The highest BCUT2D eigenvalue weighted by atomic mass is 35.5. The van der Waals surface area contributed by atoms with Crippen LogP contribution in [0.4, 0.5) is 0 Å². The highest BCUT2D eigenvalue weighted by molar-refractivity contribution is 7.80. The molecule has 1 saturated heterocycles. The van der Waals surface area contributed by atoms with Crippen LogP contribution in [0.15, 0.2) is 24.3 Å². The maximum absolute atomic E-state index is 12.5. The topological polar surface area (TPSA) is 82.7 Å². The van der Waals surface area contributed by atoms with Gasteiger partial charge in [0.15, 0.2) is 5.11 Å². The number of ether oxygens (including phenoxy) is 1. The third-order valence-corrected chi connectivity index (χ3v) is 4.81. The van der Waals surface area contributed by atoms with E-state index >= 15 is 0 Å². The van der Waals surface area contributed by atoms with Crippen LogP contribution in [-0.2, 0) is 9.53 Å². The first kappa shape index (κ1) is 21.4. The number of carbonyl (C=O) groups excluding carboxylic acids is 2. The number of methoxy groups -OCH3 is 1. The summed E-state index contributed by atoms with van der Waals surface area (Å²) >= 11 is 11.0. The lowest BCUT2D eigenvalue weighted by Gasteiger charge is -2.31. The zero-order chi connectivity index (χ0) is 19.8. The van der Waals surface area contributed by atoms with E-state index in [1.807, 2.05) is 6.92 Å². The molecule has 2 amide bonds. The van der Waals surface area contributed by atoms with Crippen molar-refractivity contribution in [3.8, 4) is 0 Å². The molecule has 1 fully saturated rings. The van der Waals surface area contributed by atoms with Gasteiger partial charge in [0, 0.05) is 42.7 Å². The number of amides is 2. The zero-order valence-corrected chi connectivity index (χ0v) is 17.0. The highest BCUT2D eigenvalue weighted by Crippen LogP contribution is 2.20. The Morgan fingerprint density at radius 1 is 1.26 bits per heavy atom. The van der Waals surface area contributed by atoms with Crippen molar-refractivity contribution in [2.24, 2.45) is 5.92 Å². The predicted octanol–water partition coefficient (Wildman–Crippen LogP) is 1.72. The molecule has 148 valence electrons. The van der Waals surface area contributed by atoms with Gasteiger partial charge in [-0.05, 0) is 56.2 Å². The molecule has 9 heteroatoms. The molecule has 7 nitrogen and oxygen atoms in total. The minimum atomic E-state index is -0.161. The van der Waals surface area contributed by atoms with E-state index < -0.39 is 0 Å². The Hall–Kier alpha value is -1.90. The number of nitrogens with one attached hydrogen (secondary N) is 3. The number of rotatable bonds is 5. The quantitative estimate of drug-likeness (QED) is 0.504. The molecule has 27 heavy (non-hydrogen) atoms. The molecule has 1 aliphatic heterocycles. The van der Waals surface area contributed by atoms with Gasteiger partial charge in [0.25, 0.3) is 5.91 Å². The number of likely N-dealkylation sites (tertiary alicyclic amines) is 1. The number of halogens is 1. The standard InChI is InChI=1S/C18H25ClN4O3S/c1-12(11-26-2)20-18(27)22-21-16(24)13-7-9-23(10-8-13)17(25)14-3-5-15(19)6-4-14/h3-6,12-13H,7-11H2,1-2H3,(H,21,24)(H2,20,22,27)/t12-/m1/s1. The minimum absolute atomic E-state index is 0.0361. The van der Waals surface area contributed by atoms with Crippen molar-refractivity contribution < 1.29 is 14.3 Å². The van der Waals surface area contributed by atoms with Crippen LogP contribution in [0.1, 0.15) is 30.1 Å². The Bertz CT molecular complexity index is 663. The molecule has 1 aromatic carbocycles. The second-order valence-corrected chi connectivity index (χ2v) is 7.36. The summed E-state index contributed by atoms with van der Waals surface area (Å²) in [5.41, 5.74) is 5.94. The Kier molecular flexibility index (Phi) is 8.27. The highest BCUT2D eigenvalue weighted by Gasteiger charge is 2.27. The lowest BCUT2D eigenvalue weighted by molar-refractivity contribution is -0.126. The number of benzene rings is 1. The fourth-order valence-corrected chi connectivity index (χ4v) is 3.27. The first-order chi connectivity index (χ1) is 12.9. The lowest BCUT2D eigenvalue weighted by atomic mass is 9.95. The minimum Gasteiger partial charge on any atom is -0.383 e. The Labute approximate surface area is 169 Å². The van der Waals surface area contributed by atoms with Gasteiger partial charge in [0.2, 0.25) is 5.91 Å². The molecule has 2 rings (SSSR count). The summed E-state index contributed by atoms with van der Waals surface area (Å²) in [7, 11) is 1.61. The van der Waals surface area contributed by atoms with E-state index in [0.29, 0.717) is 48.2 Å². The van der Waals surface area contributed by atoms with Gasteiger partial charge < -0.3 is 15.0 Å². The van der Waals surface area contributed by atoms with Crippen molar-refractivity contribution in [2.75, 3.05) is 26.8 Å². The van der Waals surface area contributed by atoms with E-state index in [-0.39, 0.29) is 23.8 Å². The molecule has 1 aliphatic rings. The van der Waals surface area contributed by atoms with Crippen LogP contribution in [0.5, 0.6) is 0 Å². The fraction of sp³-hybridized carbons (Fsp3) is 0.500. The number of nitrogens with zero attached hydrogens (tertiary/aromatic N) is 1. The van der Waals surface area contributed by atoms with Crippen LogP contribution in [0.3, 0.4) is 0 Å². The molecule has 0 aromatic heterocycles. The smallest absolute Gasteiger partial charge is 0.253 e. The van der Waals surface area contributed by atoms with E-state index in [4.69, 9.17) is 28.6 Å². The van der Waals surface area contributed by atoms with Crippen molar-refractivity contribution in [2.45, 2.75) is 25.8 Å². The van der Waals surface area contributed by atoms with Gasteiger partial charge in [-0.1, -0.05) is 11.6 Å². The van der Waals surface area contributed by atoms with E-state index in [1.165, 1.54) is 0 Å². The molecular weight excluding hydrogens is 388 g/mol. The summed E-state index contributed by atoms with van der Waals surface area (Å²) in [6, 6.07) is 6.86. The number of thiocarbonyl (C=S) groups is 1. The molecular formula is C18H25ClN4O3S. The van der Waals surface area contributed by atoms with Crippen molar-refractivity contribution in [3.05, 3.63) is 34.9 Å². The monoisotopic (exact) mass is 412 g/mol. The van der Waals surface area contributed by atoms with Gasteiger partial charge >= 0.3 is 0 Å². The lowest BCUT2D eigenvalue weighted by Crippen LogP contribution is -2.52. The zero-order valence-electron chi connectivity index (χ0n) is 15.5. The molecule has 1 heterocycles. The van der Waals surface area contributed by atoms with E-state index in [1.54, 1.807) is 36.3 Å². The van der Waals surface area contributed by atoms with E-state index in [0.717, 1.165) is 0 Å². The summed E-state index contributed by atoms with van der Waals surface area (Å²) in [5.74, 6) is -0.329.